The first-order chi connectivity index (χ1) is 19.8. The second-order valence-electron chi connectivity index (χ2n) is 11.2. The topological polar surface area (TPSA) is 16.4 Å². The first-order valence-corrected chi connectivity index (χ1v) is 14.4. The predicted molar refractivity (Wildman–Crippen MR) is 170 cm³/mol. The van der Waals surface area contributed by atoms with Gasteiger partial charge >= 0.3 is 0 Å². The summed E-state index contributed by atoms with van der Waals surface area (Å²) in [7, 11) is 0. The average Bonchev–Trinajstić information content (AvgIpc) is 3.52. The van der Waals surface area contributed by atoms with Crippen molar-refractivity contribution in [2.45, 2.75) is 26.2 Å². The SMILES string of the molecule is CCc1c2cccc1-c1ccccc1NC1=C2C(c2cc3c4ccccc4n4c5ccccc5c(c2)c34)=CCC1. The Labute approximate surface area is 233 Å². The molecule has 0 saturated heterocycles. The molecule has 0 amide bonds. The number of nitrogens with zero attached hydrogens (tertiary/aromatic N) is 1. The Morgan fingerprint density at radius 2 is 1.32 bits per heavy atom. The second-order valence-corrected chi connectivity index (χ2v) is 11.2. The minimum absolute atomic E-state index is 0.995. The van der Waals surface area contributed by atoms with Crippen LogP contribution in [0, 0.1) is 0 Å². The highest BCUT2D eigenvalue weighted by atomic mass is 14.9. The van der Waals surface area contributed by atoms with Gasteiger partial charge in [0.05, 0.1) is 16.6 Å². The maximum atomic E-state index is 3.92. The molecule has 1 N–H and O–H groups in total. The van der Waals surface area contributed by atoms with Crippen LogP contribution < -0.4 is 5.32 Å². The van der Waals surface area contributed by atoms with Gasteiger partial charge in [0.25, 0.3) is 0 Å². The highest BCUT2D eigenvalue weighted by Gasteiger charge is 2.27. The zero-order valence-corrected chi connectivity index (χ0v) is 22.5. The van der Waals surface area contributed by atoms with Crippen molar-refractivity contribution in [3.63, 3.8) is 0 Å². The summed E-state index contributed by atoms with van der Waals surface area (Å²) in [4.78, 5) is 0. The monoisotopic (exact) mass is 512 g/mol. The molecule has 0 radical (unpaired) electrons. The number of hydrogen-bond donors (Lipinski definition) is 1. The summed E-state index contributed by atoms with van der Waals surface area (Å²) in [6.45, 7) is 2.30. The third-order valence-electron chi connectivity index (χ3n) is 9.13. The van der Waals surface area contributed by atoms with Crippen LogP contribution in [0.5, 0.6) is 0 Å². The fraction of sp³-hybridized carbons (Fsp3) is 0.105. The summed E-state index contributed by atoms with van der Waals surface area (Å²) >= 11 is 0. The molecule has 2 heteroatoms. The summed E-state index contributed by atoms with van der Waals surface area (Å²) in [6.07, 6.45) is 5.51. The molecule has 40 heavy (non-hydrogen) atoms. The molecule has 0 spiro atoms. The first-order valence-electron chi connectivity index (χ1n) is 14.4. The highest BCUT2D eigenvalue weighted by molar-refractivity contribution is 6.25. The van der Waals surface area contributed by atoms with Gasteiger partial charge in [-0.1, -0.05) is 85.8 Å². The van der Waals surface area contributed by atoms with Gasteiger partial charge in [-0.3, -0.25) is 0 Å². The van der Waals surface area contributed by atoms with Gasteiger partial charge in [-0.15, -0.1) is 0 Å². The number of fused-ring (bicyclic) bond motifs is 11. The van der Waals surface area contributed by atoms with Gasteiger partial charge in [0, 0.05) is 44.1 Å². The molecule has 0 atom stereocenters. The van der Waals surface area contributed by atoms with Crippen LogP contribution >= 0.6 is 0 Å². The fourth-order valence-corrected chi connectivity index (χ4v) is 7.49. The molecule has 2 aromatic heterocycles. The first kappa shape index (κ1) is 22.0. The number of allylic oxidation sites excluding steroid dienone is 4. The van der Waals surface area contributed by atoms with E-state index in [1.807, 2.05) is 0 Å². The number of hydrogen-bond acceptors (Lipinski definition) is 1. The fourth-order valence-electron chi connectivity index (χ4n) is 7.49. The number of nitrogens with one attached hydrogen (secondary N) is 1. The van der Waals surface area contributed by atoms with E-state index < -0.39 is 0 Å². The molecule has 7 aromatic rings. The molecule has 2 nitrogen and oxygen atoms in total. The predicted octanol–water partition coefficient (Wildman–Crippen LogP) is 10.1. The molecular weight excluding hydrogens is 484 g/mol. The average molecular weight is 513 g/mol. The molecule has 0 saturated carbocycles. The van der Waals surface area contributed by atoms with Crippen LogP contribution in [0.4, 0.5) is 5.69 Å². The Morgan fingerprint density at radius 3 is 2.08 bits per heavy atom. The van der Waals surface area contributed by atoms with Crippen LogP contribution in [0.2, 0.25) is 0 Å². The van der Waals surface area contributed by atoms with E-state index in [-0.39, 0.29) is 0 Å². The lowest BCUT2D eigenvalue weighted by molar-refractivity contribution is 0.972. The van der Waals surface area contributed by atoms with Gasteiger partial charge in [-0.05, 0) is 77.4 Å². The maximum Gasteiger partial charge on any atom is 0.0620 e. The minimum atomic E-state index is 0.995. The Morgan fingerprint density at radius 1 is 0.675 bits per heavy atom. The van der Waals surface area contributed by atoms with Crippen molar-refractivity contribution >= 4 is 54.9 Å². The Balaban J connectivity index is 1.37. The van der Waals surface area contributed by atoms with Crippen molar-refractivity contribution in [3.05, 3.63) is 132 Å². The lowest BCUT2D eigenvalue weighted by atomic mass is 9.79. The summed E-state index contributed by atoms with van der Waals surface area (Å²) in [5.41, 5.74) is 15.9. The minimum Gasteiger partial charge on any atom is -0.358 e. The van der Waals surface area contributed by atoms with Crippen LogP contribution in [0.3, 0.4) is 0 Å². The smallest absolute Gasteiger partial charge is 0.0620 e. The molecule has 0 unspecified atom stereocenters. The van der Waals surface area contributed by atoms with Crippen molar-refractivity contribution in [3.8, 4) is 11.1 Å². The van der Waals surface area contributed by atoms with E-state index in [0.29, 0.717) is 0 Å². The van der Waals surface area contributed by atoms with E-state index in [1.54, 1.807) is 0 Å². The lowest BCUT2D eigenvalue weighted by Gasteiger charge is -2.30. The molecule has 0 fully saturated rings. The van der Waals surface area contributed by atoms with E-state index in [9.17, 15) is 0 Å². The largest absolute Gasteiger partial charge is 0.358 e. The second kappa shape index (κ2) is 8.09. The quantitative estimate of drug-likeness (QED) is 0.244. The maximum absolute atomic E-state index is 3.92. The van der Waals surface area contributed by atoms with Gasteiger partial charge < -0.3 is 9.72 Å². The van der Waals surface area contributed by atoms with Gasteiger partial charge in [0.15, 0.2) is 0 Å². The third-order valence-corrected chi connectivity index (χ3v) is 9.13. The summed E-state index contributed by atoms with van der Waals surface area (Å²) in [6, 6.07) is 38.3. The number of rotatable bonds is 2. The van der Waals surface area contributed by atoms with E-state index in [0.717, 1.165) is 19.3 Å². The van der Waals surface area contributed by atoms with Gasteiger partial charge in [0.2, 0.25) is 0 Å². The number of anilines is 1. The van der Waals surface area contributed by atoms with Crippen LogP contribution in [-0.2, 0) is 6.42 Å². The number of aromatic nitrogens is 1. The summed E-state index contributed by atoms with van der Waals surface area (Å²) in [5, 5.41) is 9.23. The summed E-state index contributed by atoms with van der Waals surface area (Å²) in [5.74, 6) is 0. The molecule has 9 rings (SSSR count). The number of benzene rings is 5. The summed E-state index contributed by atoms with van der Waals surface area (Å²) < 4.78 is 2.46. The third kappa shape index (κ3) is 2.83. The van der Waals surface area contributed by atoms with E-state index in [1.165, 1.54) is 88.4 Å². The van der Waals surface area contributed by atoms with Crippen LogP contribution in [0.15, 0.2) is 115 Å². The van der Waals surface area contributed by atoms with Crippen LogP contribution in [0.25, 0.3) is 60.4 Å². The zero-order chi connectivity index (χ0) is 26.4. The van der Waals surface area contributed by atoms with Gasteiger partial charge in [-0.2, -0.15) is 0 Å². The normalized spacial score (nSPS) is 14.8. The van der Waals surface area contributed by atoms with E-state index in [2.05, 4.69) is 126 Å². The molecule has 1 aliphatic heterocycles. The molecule has 2 aliphatic rings. The Kier molecular flexibility index (Phi) is 4.46. The molecule has 5 aromatic carbocycles. The Hall–Kier alpha value is -4.82. The molecule has 1 aliphatic carbocycles. The number of para-hydroxylation sites is 3. The van der Waals surface area contributed by atoms with Crippen molar-refractivity contribution in [2.75, 3.05) is 5.32 Å². The van der Waals surface area contributed by atoms with Crippen molar-refractivity contribution < 1.29 is 0 Å². The highest BCUT2D eigenvalue weighted by Crippen LogP contribution is 2.48. The molecular formula is C38H28N2. The zero-order valence-electron chi connectivity index (χ0n) is 22.5. The standard InChI is InChI=1S/C38H28N2/c1-2-24-26-15-9-16-30(24)37-25(14-10-18-34(37)39-33-17-6-3-11-27(26)33)23-21-31-28-12-4-7-19-35(28)40-36-20-8-5-13-29(36)32(22-23)38(31)40/h3-9,11-17,19-22,39H,2,10,18H2,1H3. The molecule has 2 bridgehead atoms. The Bertz CT molecular complexity index is 2140. The van der Waals surface area contributed by atoms with Gasteiger partial charge in [-0.25, -0.2) is 0 Å². The van der Waals surface area contributed by atoms with Crippen LogP contribution in [-0.4, -0.2) is 4.40 Å². The van der Waals surface area contributed by atoms with Crippen molar-refractivity contribution in [1.82, 2.24) is 4.40 Å². The van der Waals surface area contributed by atoms with Gasteiger partial charge in [0.1, 0.15) is 0 Å². The van der Waals surface area contributed by atoms with E-state index >= 15 is 0 Å². The van der Waals surface area contributed by atoms with Crippen molar-refractivity contribution in [2.24, 2.45) is 0 Å². The van der Waals surface area contributed by atoms with Crippen molar-refractivity contribution in [1.29, 1.82) is 0 Å². The molecule has 3 heterocycles. The van der Waals surface area contributed by atoms with Crippen LogP contribution in [0.1, 0.15) is 36.5 Å². The lowest BCUT2D eigenvalue weighted by Crippen LogP contribution is -2.13. The van der Waals surface area contributed by atoms with E-state index in [4.69, 9.17) is 0 Å². The molecule has 190 valence electrons.